The van der Waals surface area contributed by atoms with Gasteiger partial charge in [-0.05, 0) is 57.9 Å². The summed E-state index contributed by atoms with van der Waals surface area (Å²) in [6.45, 7) is 0.410. The molecule has 0 aliphatic rings. The van der Waals surface area contributed by atoms with Crippen molar-refractivity contribution in [3.63, 3.8) is 0 Å². The minimum atomic E-state index is -0.558. The number of nitrogens with zero attached hydrogens (tertiary/aromatic N) is 6. The fourth-order valence-electron chi connectivity index (χ4n) is 6.12. The number of fused-ring (bicyclic) bond motifs is 2. The van der Waals surface area contributed by atoms with Gasteiger partial charge in [-0.2, -0.15) is 0 Å². The Bertz CT molecular complexity index is 2330. The van der Waals surface area contributed by atoms with Crippen LogP contribution in [0.3, 0.4) is 0 Å². The fraction of sp³-hybridized carbons (Fsp3) is 0.143. The van der Waals surface area contributed by atoms with E-state index in [1.165, 1.54) is 58.3 Å². The van der Waals surface area contributed by atoms with Gasteiger partial charge >= 0.3 is 12.1 Å². The molecule has 4 N–H and O–H groups in total. The number of aliphatic imine (C=N–C) groups is 2. The van der Waals surface area contributed by atoms with Crippen LogP contribution in [0.5, 0.6) is 11.5 Å². The van der Waals surface area contributed by atoms with E-state index in [1.54, 1.807) is 36.7 Å². The lowest BCUT2D eigenvalue weighted by molar-refractivity contribution is -0.385. The summed E-state index contributed by atoms with van der Waals surface area (Å²) in [6, 6.07) is 31.4. The van der Waals surface area contributed by atoms with Crippen molar-refractivity contribution in [3.05, 3.63) is 153 Å². The number of amides is 4. The van der Waals surface area contributed by atoms with Crippen molar-refractivity contribution < 1.29 is 29.6 Å². The summed E-state index contributed by atoms with van der Waals surface area (Å²) in [5, 5.41) is 52.4. The zero-order valence-corrected chi connectivity index (χ0v) is 31.0. The molecule has 0 saturated carbocycles. The topological polar surface area (TPSA) is 216 Å². The molecule has 58 heavy (non-hydrogen) atoms. The second-order valence-electron chi connectivity index (χ2n) is 13.0. The van der Waals surface area contributed by atoms with Gasteiger partial charge in [-0.1, -0.05) is 60.7 Å². The van der Waals surface area contributed by atoms with Gasteiger partial charge in [-0.3, -0.25) is 30.2 Å². The lowest BCUT2D eigenvalue weighted by atomic mass is 10.0. The number of urea groups is 2. The Kier molecular flexibility index (Phi) is 12.8. The molecule has 0 aliphatic carbocycles. The van der Waals surface area contributed by atoms with E-state index in [0.29, 0.717) is 22.5 Å². The Morgan fingerprint density at radius 1 is 0.552 bits per heavy atom. The molecule has 6 aromatic rings. The molecule has 0 bridgehead atoms. The van der Waals surface area contributed by atoms with E-state index >= 15 is 0 Å². The quantitative estimate of drug-likeness (QED) is 0.0456. The molecule has 0 radical (unpaired) electrons. The predicted molar refractivity (Wildman–Crippen MR) is 224 cm³/mol. The van der Waals surface area contributed by atoms with Crippen LogP contribution in [0.25, 0.3) is 21.5 Å². The van der Waals surface area contributed by atoms with Crippen molar-refractivity contribution >= 4 is 68.8 Å². The first-order valence-corrected chi connectivity index (χ1v) is 18.1. The molecule has 0 saturated heterocycles. The number of non-ortho nitro benzene ring substituents is 2. The largest absolute Gasteiger partial charge is 0.507 e. The zero-order chi connectivity index (χ0) is 41.0. The summed E-state index contributed by atoms with van der Waals surface area (Å²) in [5.74, 6) is 0.0893. The summed E-state index contributed by atoms with van der Waals surface area (Å²) in [5.41, 5.74) is 1.37. The number of rotatable bonds is 15. The number of nitro benzene ring substituents is 2. The van der Waals surface area contributed by atoms with Crippen LogP contribution in [0, 0.1) is 20.2 Å². The smallest absolute Gasteiger partial charge is 0.321 e. The molecule has 4 amide bonds. The molecule has 0 aromatic heterocycles. The Morgan fingerprint density at radius 2 is 0.931 bits per heavy atom. The summed E-state index contributed by atoms with van der Waals surface area (Å²) < 4.78 is 0. The fourth-order valence-corrected chi connectivity index (χ4v) is 6.12. The highest BCUT2D eigenvalue weighted by molar-refractivity contribution is 6.03. The number of nitro groups is 2. The van der Waals surface area contributed by atoms with Crippen LogP contribution in [0.4, 0.5) is 32.3 Å². The third kappa shape index (κ3) is 10.0. The first-order chi connectivity index (χ1) is 28.1. The van der Waals surface area contributed by atoms with E-state index in [-0.39, 0.29) is 62.1 Å². The van der Waals surface area contributed by atoms with Crippen LogP contribution >= 0.6 is 0 Å². The third-order valence-corrected chi connectivity index (χ3v) is 9.21. The Morgan fingerprint density at radius 3 is 1.31 bits per heavy atom. The lowest BCUT2D eigenvalue weighted by Crippen LogP contribution is -2.45. The maximum absolute atomic E-state index is 13.7. The van der Waals surface area contributed by atoms with Crippen molar-refractivity contribution in [2.75, 3.05) is 49.9 Å². The molecule has 0 spiro atoms. The first kappa shape index (κ1) is 39.8. The van der Waals surface area contributed by atoms with Crippen LogP contribution in [-0.4, -0.2) is 93.6 Å². The standard InChI is InChI=1S/C42H38N8O8/c51-39-19-9-29-5-1-3-7-35(29)37(39)27-43-21-23-47(41(53)45-31-11-15-33(16-12-31)49(55)56)25-26-48(42(54)46-32-13-17-34(18-14-32)50(57)58)24-22-44-28-38-36-8-4-2-6-30(36)10-20-40(38)52/h1-20,27-28,51-52H,21-26H2,(H,45,53)(H,46,54). The van der Waals surface area contributed by atoms with Gasteiger partial charge < -0.3 is 30.6 Å². The van der Waals surface area contributed by atoms with Crippen molar-refractivity contribution in [2.45, 2.75) is 0 Å². The number of anilines is 2. The summed E-state index contributed by atoms with van der Waals surface area (Å²) >= 11 is 0. The molecule has 6 aromatic carbocycles. The second-order valence-corrected chi connectivity index (χ2v) is 13.0. The number of hydrogen-bond donors (Lipinski definition) is 4. The number of benzene rings is 6. The van der Waals surface area contributed by atoms with Gasteiger partial charge in [0.15, 0.2) is 0 Å². The molecule has 6 rings (SSSR count). The minimum Gasteiger partial charge on any atom is -0.507 e. The van der Waals surface area contributed by atoms with Gasteiger partial charge in [-0.25, -0.2) is 9.59 Å². The highest BCUT2D eigenvalue weighted by Crippen LogP contribution is 2.27. The molecule has 0 atom stereocenters. The number of phenolic OH excluding ortho intramolecular Hbond substituents is 2. The molecule has 16 nitrogen and oxygen atoms in total. The second kappa shape index (κ2) is 18.6. The molecule has 0 unspecified atom stereocenters. The third-order valence-electron chi connectivity index (χ3n) is 9.21. The van der Waals surface area contributed by atoms with E-state index in [2.05, 4.69) is 20.6 Å². The maximum atomic E-state index is 13.7. The molecule has 294 valence electrons. The molecule has 0 heterocycles. The van der Waals surface area contributed by atoms with Crippen molar-refractivity contribution in [2.24, 2.45) is 9.98 Å². The molecular weight excluding hydrogens is 745 g/mol. The summed E-state index contributed by atoms with van der Waals surface area (Å²) in [4.78, 5) is 60.6. The minimum absolute atomic E-state index is 0.00928. The van der Waals surface area contributed by atoms with Gasteiger partial charge in [0.2, 0.25) is 0 Å². The highest BCUT2D eigenvalue weighted by Gasteiger charge is 2.20. The summed E-state index contributed by atoms with van der Waals surface area (Å²) in [7, 11) is 0. The van der Waals surface area contributed by atoms with Crippen LogP contribution in [-0.2, 0) is 0 Å². The number of phenols is 2. The van der Waals surface area contributed by atoms with Crippen molar-refractivity contribution in [1.29, 1.82) is 0 Å². The number of carbonyl (C=O) groups excluding carboxylic acids is 2. The zero-order valence-electron chi connectivity index (χ0n) is 31.0. The van der Waals surface area contributed by atoms with E-state index in [4.69, 9.17) is 0 Å². The van der Waals surface area contributed by atoms with Crippen LogP contribution in [0.1, 0.15) is 11.1 Å². The van der Waals surface area contributed by atoms with Gasteiger partial charge in [0, 0.05) is 85.4 Å². The van der Waals surface area contributed by atoms with Gasteiger partial charge in [0.1, 0.15) is 11.5 Å². The Labute approximate surface area is 331 Å². The van der Waals surface area contributed by atoms with E-state index in [0.717, 1.165) is 21.5 Å². The van der Waals surface area contributed by atoms with E-state index in [9.17, 15) is 40.0 Å². The van der Waals surface area contributed by atoms with E-state index < -0.39 is 21.9 Å². The monoisotopic (exact) mass is 782 g/mol. The van der Waals surface area contributed by atoms with Crippen molar-refractivity contribution in [3.8, 4) is 11.5 Å². The Hall–Kier alpha value is -7.88. The van der Waals surface area contributed by atoms with Crippen LogP contribution in [0.15, 0.2) is 131 Å². The number of aromatic hydroxyl groups is 2. The number of carbonyl (C=O) groups is 2. The van der Waals surface area contributed by atoms with Crippen LogP contribution < -0.4 is 10.6 Å². The van der Waals surface area contributed by atoms with E-state index in [1.807, 2.05) is 48.5 Å². The SMILES string of the molecule is O=C(Nc1ccc([N+](=O)[O-])cc1)N(CCN=Cc1c(O)ccc2ccccc12)CCN(CCN=Cc1c(O)ccc2ccccc12)C(=O)Nc1ccc([N+](=O)[O-])cc1. The molecular formula is C42H38N8O8. The first-order valence-electron chi connectivity index (χ1n) is 18.1. The Balaban J connectivity index is 1.21. The lowest BCUT2D eigenvalue weighted by Gasteiger charge is -2.28. The van der Waals surface area contributed by atoms with Crippen molar-refractivity contribution in [1.82, 2.24) is 9.80 Å². The number of nitrogens with one attached hydrogen (secondary N) is 2. The predicted octanol–water partition coefficient (Wildman–Crippen LogP) is 7.83. The molecule has 0 aliphatic heterocycles. The molecule has 0 fully saturated rings. The molecule has 16 heteroatoms. The number of hydrogen-bond acceptors (Lipinski definition) is 10. The maximum Gasteiger partial charge on any atom is 0.321 e. The normalized spacial score (nSPS) is 11.2. The van der Waals surface area contributed by atoms with Gasteiger partial charge in [0.05, 0.1) is 22.9 Å². The summed E-state index contributed by atoms with van der Waals surface area (Å²) in [6.07, 6.45) is 3.08. The van der Waals surface area contributed by atoms with Gasteiger partial charge in [-0.15, -0.1) is 0 Å². The average Bonchev–Trinajstić information content (AvgIpc) is 3.22. The highest BCUT2D eigenvalue weighted by atomic mass is 16.6. The van der Waals surface area contributed by atoms with Gasteiger partial charge in [0.25, 0.3) is 11.4 Å². The van der Waals surface area contributed by atoms with Crippen LogP contribution in [0.2, 0.25) is 0 Å². The average molecular weight is 783 g/mol.